The third-order valence-electron chi connectivity index (χ3n) is 2.91. The van der Waals surface area contributed by atoms with Gasteiger partial charge >= 0.3 is 0 Å². The molecule has 0 radical (unpaired) electrons. The molecule has 1 aromatic heterocycles. The molecule has 4 nitrogen and oxygen atoms in total. The number of aryl methyl sites for hydroxylation is 2. The zero-order valence-corrected chi connectivity index (χ0v) is 12.5. The van der Waals surface area contributed by atoms with E-state index in [0.29, 0.717) is 0 Å². The molecule has 0 saturated carbocycles. The molecule has 0 aliphatic heterocycles. The minimum Gasteiger partial charge on any atom is -0.271 e. The smallest absolute Gasteiger partial charge is 0.0890 e. The summed E-state index contributed by atoms with van der Waals surface area (Å²) in [5.74, 6) is 5.67. The van der Waals surface area contributed by atoms with Gasteiger partial charge in [0.1, 0.15) is 0 Å². The standard InChI is InChI=1S/C12H14BrClN4/c1-7-3-4-8(5-10(7)14)11(17-15)12-9(13)6-16-18(12)2/h3-6,11,17H,15H2,1-2H3. The van der Waals surface area contributed by atoms with Crippen LogP contribution in [-0.4, -0.2) is 9.78 Å². The molecule has 2 rings (SSSR count). The van der Waals surface area contributed by atoms with Crippen molar-refractivity contribution in [3.05, 3.63) is 50.7 Å². The highest BCUT2D eigenvalue weighted by Gasteiger charge is 2.20. The van der Waals surface area contributed by atoms with Gasteiger partial charge in [0.2, 0.25) is 0 Å². The molecule has 18 heavy (non-hydrogen) atoms. The van der Waals surface area contributed by atoms with Crippen molar-refractivity contribution in [3.8, 4) is 0 Å². The summed E-state index contributed by atoms with van der Waals surface area (Å²) >= 11 is 9.63. The van der Waals surface area contributed by atoms with E-state index in [9.17, 15) is 0 Å². The molecule has 3 N–H and O–H groups in total. The first-order valence-electron chi connectivity index (χ1n) is 5.44. The Morgan fingerprint density at radius 3 is 2.72 bits per heavy atom. The van der Waals surface area contributed by atoms with Crippen molar-refractivity contribution >= 4 is 27.5 Å². The van der Waals surface area contributed by atoms with E-state index in [2.05, 4.69) is 26.5 Å². The third kappa shape index (κ3) is 2.44. The molecule has 0 aliphatic rings. The second-order valence-corrected chi connectivity index (χ2v) is 5.37. The van der Waals surface area contributed by atoms with Gasteiger partial charge in [-0.15, -0.1) is 0 Å². The highest BCUT2D eigenvalue weighted by molar-refractivity contribution is 9.10. The van der Waals surface area contributed by atoms with E-state index in [-0.39, 0.29) is 6.04 Å². The number of hydrazine groups is 1. The summed E-state index contributed by atoms with van der Waals surface area (Å²) in [4.78, 5) is 0. The van der Waals surface area contributed by atoms with Crippen LogP contribution in [0.15, 0.2) is 28.9 Å². The van der Waals surface area contributed by atoms with Crippen molar-refractivity contribution in [1.29, 1.82) is 0 Å². The van der Waals surface area contributed by atoms with Crippen LogP contribution in [0.4, 0.5) is 0 Å². The molecule has 1 heterocycles. The molecule has 1 atom stereocenters. The van der Waals surface area contributed by atoms with E-state index < -0.39 is 0 Å². The monoisotopic (exact) mass is 328 g/mol. The van der Waals surface area contributed by atoms with E-state index in [1.807, 2.05) is 32.2 Å². The minimum absolute atomic E-state index is 0.162. The third-order valence-corrected chi connectivity index (χ3v) is 3.93. The second-order valence-electron chi connectivity index (χ2n) is 4.11. The van der Waals surface area contributed by atoms with E-state index in [4.69, 9.17) is 17.4 Å². The largest absolute Gasteiger partial charge is 0.271 e. The van der Waals surface area contributed by atoms with E-state index in [1.54, 1.807) is 10.9 Å². The zero-order valence-electron chi connectivity index (χ0n) is 10.1. The molecule has 0 saturated heterocycles. The maximum Gasteiger partial charge on any atom is 0.0890 e. The molecule has 0 fully saturated rings. The predicted molar refractivity (Wildman–Crippen MR) is 76.3 cm³/mol. The Hall–Kier alpha value is -0.880. The van der Waals surface area contributed by atoms with Crippen molar-refractivity contribution in [2.24, 2.45) is 12.9 Å². The lowest BCUT2D eigenvalue weighted by molar-refractivity contribution is 0.573. The minimum atomic E-state index is -0.162. The molecule has 0 bridgehead atoms. The summed E-state index contributed by atoms with van der Waals surface area (Å²) in [7, 11) is 1.88. The lowest BCUT2D eigenvalue weighted by Crippen LogP contribution is -2.30. The summed E-state index contributed by atoms with van der Waals surface area (Å²) in [5, 5.41) is 4.92. The SMILES string of the molecule is Cc1ccc(C(NN)c2c(Br)cnn2C)cc1Cl. The normalized spacial score (nSPS) is 12.7. The number of aromatic nitrogens is 2. The lowest BCUT2D eigenvalue weighted by Gasteiger charge is -2.18. The van der Waals surface area contributed by atoms with Crippen LogP contribution in [0.25, 0.3) is 0 Å². The topological polar surface area (TPSA) is 55.9 Å². The van der Waals surface area contributed by atoms with E-state index in [1.165, 1.54) is 0 Å². The quantitative estimate of drug-likeness (QED) is 0.672. The van der Waals surface area contributed by atoms with Gasteiger partial charge in [-0.3, -0.25) is 10.5 Å². The Morgan fingerprint density at radius 1 is 1.50 bits per heavy atom. The molecule has 96 valence electrons. The van der Waals surface area contributed by atoms with Gasteiger partial charge in [0.25, 0.3) is 0 Å². The van der Waals surface area contributed by atoms with Crippen LogP contribution in [0.3, 0.4) is 0 Å². The number of rotatable bonds is 3. The Balaban J connectivity index is 2.48. The van der Waals surface area contributed by atoms with Crippen LogP contribution >= 0.6 is 27.5 Å². The summed E-state index contributed by atoms with van der Waals surface area (Å²) in [6, 6.07) is 5.74. The molecule has 1 unspecified atom stereocenters. The van der Waals surface area contributed by atoms with Gasteiger partial charge in [0.15, 0.2) is 0 Å². The summed E-state index contributed by atoms with van der Waals surface area (Å²) in [6.45, 7) is 1.97. The van der Waals surface area contributed by atoms with Crippen molar-refractivity contribution in [2.45, 2.75) is 13.0 Å². The van der Waals surface area contributed by atoms with Gasteiger partial charge in [0, 0.05) is 12.1 Å². The van der Waals surface area contributed by atoms with Gasteiger partial charge in [-0.25, -0.2) is 5.43 Å². The fraction of sp³-hybridized carbons (Fsp3) is 0.250. The summed E-state index contributed by atoms with van der Waals surface area (Å²) in [5.41, 5.74) is 5.80. The van der Waals surface area contributed by atoms with Crippen LogP contribution in [0.5, 0.6) is 0 Å². The van der Waals surface area contributed by atoms with Crippen LogP contribution in [0.2, 0.25) is 5.02 Å². The Labute approximate surface area is 119 Å². The van der Waals surface area contributed by atoms with Crippen LogP contribution in [0.1, 0.15) is 22.9 Å². The molecule has 6 heteroatoms. The fourth-order valence-electron chi connectivity index (χ4n) is 1.87. The van der Waals surface area contributed by atoms with Gasteiger partial charge < -0.3 is 0 Å². The fourth-order valence-corrected chi connectivity index (χ4v) is 2.63. The maximum absolute atomic E-state index is 6.15. The van der Waals surface area contributed by atoms with Gasteiger partial charge in [-0.05, 0) is 40.0 Å². The Bertz CT molecular complexity index is 548. The van der Waals surface area contributed by atoms with Crippen LogP contribution in [0, 0.1) is 6.92 Å². The number of nitrogens with two attached hydrogens (primary N) is 1. The van der Waals surface area contributed by atoms with Crippen molar-refractivity contribution in [1.82, 2.24) is 15.2 Å². The Kier molecular flexibility index (Phi) is 4.07. The Morgan fingerprint density at radius 2 is 2.22 bits per heavy atom. The highest BCUT2D eigenvalue weighted by atomic mass is 79.9. The number of benzene rings is 1. The number of halogens is 2. The van der Waals surface area contributed by atoms with Crippen LogP contribution in [-0.2, 0) is 7.05 Å². The molecular weight excluding hydrogens is 316 g/mol. The lowest BCUT2D eigenvalue weighted by atomic mass is 10.0. The number of nitrogens with one attached hydrogen (secondary N) is 1. The van der Waals surface area contributed by atoms with Gasteiger partial charge in [0.05, 0.1) is 22.4 Å². The molecule has 1 aromatic carbocycles. The summed E-state index contributed by atoms with van der Waals surface area (Å²) < 4.78 is 2.69. The van der Waals surface area contributed by atoms with E-state index in [0.717, 1.165) is 26.3 Å². The zero-order chi connectivity index (χ0) is 13.3. The number of hydrogen-bond acceptors (Lipinski definition) is 3. The number of hydrogen-bond donors (Lipinski definition) is 2. The van der Waals surface area contributed by atoms with Crippen molar-refractivity contribution < 1.29 is 0 Å². The molecule has 0 spiro atoms. The maximum atomic E-state index is 6.15. The molecule has 0 aliphatic carbocycles. The van der Waals surface area contributed by atoms with E-state index >= 15 is 0 Å². The summed E-state index contributed by atoms with van der Waals surface area (Å²) in [6.07, 6.45) is 1.75. The highest BCUT2D eigenvalue weighted by Crippen LogP contribution is 2.29. The van der Waals surface area contributed by atoms with Crippen molar-refractivity contribution in [2.75, 3.05) is 0 Å². The van der Waals surface area contributed by atoms with Gasteiger partial charge in [-0.1, -0.05) is 23.7 Å². The second kappa shape index (κ2) is 5.40. The molecule has 2 aromatic rings. The van der Waals surface area contributed by atoms with Crippen LogP contribution < -0.4 is 11.3 Å². The predicted octanol–water partition coefficient (Wildman–Crippen LogP) is 2.70. The van der Waals surface area contributed by atoms with Gasteiger partial charge in [-0.2, -0.15) is 5.10 Å². The first kappa shape index (κ1) is 13.5. The molecular formula is C12H14BrClN4. The average Bonchev–Trinajstić information content (AvgIpc) is 2.66. The van der Waals surface area contributed by atoms with Crippen molar-refractivity contribution in [3.63, 3.8) is 0 Å². The number of nitrogens with zero attached hydrogens (tertiary/aromatic N) is 2. The first-order valence-corrected chi connectivity index (χ1v) is 6.61. The molecule has 0 amide bonds. The first-order chi connectivity index (χ1) is 8.54. The average molecular weight is 330 g/mol.